The van der Waals surface area contributed by atoms with E-state index in [1.54, 1.807) is 13.2 Å². The summed E-state index contributed by atoms with van der Waals surface area (Å²) >= 11 is 6.31. The second kappa shape index (κ2) is 9.30. The van der Waals surface area contributed by atoms with E-state index in [0.717, 1.165) is 35.6 Å². The summed E-state index contributed by atoms with van der Waals surface area (Å²) in [7, 11) is 1.64. The molecule has 150 valence electrons. The lowest BCUT2D eigenvalue weighted by Crippen LogP contribution is -2.41. The van der Waals surface area contributed by atoms with Crippen molar-refractivity contribution in [2.45, 2.75) is 25.8 Å². The maximum Gasteiger partial charge on any atom is 0.307 e. The summed E-state index contributed by atoms with van der Waals surface area (Å²) in [4.78, 5) is 13.8. The largest absolute Gasteiger partial charge is 0.496 e. The van der Waals surface area contributed by atoms with E-state index in [2.05, 4.69) is 4.90 Å². The molecule has 0 bridgehead atoms. The normalized spacial score (nSPS) is 18.5. The molecule has 0 aliphatic carbocycles. The summed E-state index contributed by atoms with van der Waals surface area (Å²) in [6, 6.07) is 13.3. The maximum absolute atomic E-state index is 11.6. The van der Waals surface area contributed by atoms with Crippen molar-refractivity contribution in [2.75, 3.05) is 26.8 Å². The number of methoxy groups -OCH3 is 1. The minimum atomic E-state index is -0.746. The van der Waals surface area contributed by atoms with Crippen LogP contribution in [0, 0.1) is 5.92 Å². The van der Waals surface area contributed by atoms with Crippen molar-refractivity contribution >= 4 is 17.6 Å². The number of rotatable bonds is 7. The molecule has 6 heteroatoms. The lowest BCUT2D eigenvalue weighted by Gasteiger charge is -2.38. The van der Waals surface area contributed by atoms with Crippen molar-refractivity contribution in [2.24, 2.45) is 5.92 Å². The van der Waals surface area contributed by atoms with Crippen LogP contribution in [-0.4, -0.2) is 42.8 Å². The van der Waals surface area contributed by atoms with Crippen LogP contribution >= 0.6 is 11.6 Å². The Morgan fingerprint density at radius 3 is 2.86 bits per heavy atom. The van der Waals surface area contributed by atoms with Gasteiger partial charge in [-0.25, -0.2) is 0 Å². The molecule has 0 saturated carbocycles. The molecule has 1 aliphatic heterocycles. The van der Waals surface area contributed by atoms with Gasteiger partial charge in [0.1, 0.15) is 11.5 Å². The molecule has 1 fully saturated rings. The SMILES string of the molecule is CCOc1cccc(C(c2cc(Cl)ccc2OC)N2CCCC(C(=O)O)C2)c1. The third kappa shape index (κ3) is 4.59. The van der Waals surface area contributed by atoms with Gasteiger partial charge in [-0.05, 0) is 62.2 Å². The standard InChI is InChI=1S/C22H26ClNO4/c1-3-28-18-8-4-6-15(12-18)21(19-13-17(23)9-10-20(19)27-2)24-11-5-7-16(14-24)22(25)26/h4,6,8-10,12-13,16,21H,3,5,7,11,14H2,1-2H3,(H,25,26). The molecule has 28 heavy (non-hydrogen) atoms. The molecule has 5 nitrogen and oxygen atoms in total. The number of hydrogen-bond acceptors (Lipinski definition) is 4. The van der Waals surface area contributed by atoms with E-state index in [9.17, 15) is 9.90 Å². The van der Waals surface area contributed by atoms with Gasteiger partial charge in [0.25, 0.3) is 0 Å². The van der Waals surface area contributed by atoms with Gasteiger partial charge in [-0.15, -0.1) is 0 Å². The first-order valence-corrected chi connectivity index (χ1v) is 9.94. The molecule has 1 N–H and O–H groups in total. The molecule has 2 atom stereocenters. The van der Waals surface area contributed by atoms with Crippen LogP contribution in [-0.2, 0) is 4.79 Å². The highest BCUT2D eigenvalue weighted by molar-refractivity contribution is 6.30. The van der Waals surface area contributed by atoms with Crippen LogP contribution in [0.1, 0.15) is 36.9 Å². The number of hydrogen-bond donors (Lipinski definition) is 1. The third-order valence-corrected chi connectivity index (χ3v) is 5.37. The van der Waals surface area contributed by atoms with Gasteiger partial charge in [0.15, 0.2) is 0 Å². The smallest absolute Gasteiger partial charge is 0.307 e. The Morgan fingerprint density at radius 1 is 1.32 bits per heavy atom. The van der Waals surface area contributed by atoms with E-state index in [0.29, 0.717) is 24.6 Å². The van der Waals surface area contributed by atoms with Crippen LogP contribution < -0.4 is 9.47 Å². The van der Waals surface area contributed by atoms with E-state index in [1.807, 2.05) is 43.3 Å². The van der Waals surface area contributed by atoms with E-state index in [4.69, 9.17) is 21.1 Å². The zero-order valence-corrected chi connectivity index (χ0v) is 17.0. The van der Waals surface area contributed by atoms with Gasteiger partial charge < -0.3 is 14.6 Å². The van der Waals surface area contributed by atoms with Crippen molar-refractivity contribution in [3.8, 4) is 11.5 Å². The van der Waals surface area contributed by atoms with Crippen LogP contribution in [0.25, 0.3) is 0 Å². The van der Waals surface area contributed by atoms with E-state index >= 15 is 0 Å². The van der Waals surface area contributed by atoms with Gasteiger partial charge in [-0.1, -0.05) is 23.7 Å². The summed E-state index contributed by atoms with van der Waals surface area (Å²) in [5.74, 6) is 0.396. The highest BCUT2D eigenvalue weighted by Crippen LogP contribution is 2.39. The molecule has 2 aromatic rings. The summed E-state index contributed by atoms with van der Waals surface area (Å²) in [5, 5.41) is 10.2. The van der Waals surface area contributed by atoms with Gasteiger partial charge in [-0.2, -0.15) is 0 Å². The number of halogens is 1. The Bertz CT molecular complexity index is 826. The Kier molecular flexibility index (Phi) is 6.81. The number of aliphatic carboxylic acids is 1. The fourth-order valence-corrected chi connectivity index (χ4v) is 4.07. The van der Waals surface area contributed by atoms with Crippen molar-refractivity contribution in [1.29, 1.82) is 0 Å². The van der Waals surface area contributed by atoms with Gasteiger partial charge in [-0.3, -0.25) is 9.69 Å². The average molecular weight is 404 g/mol. The summed E-state index contributed by atoms with van der Waals surface area (Å²) in [6.07, 6.45) is 1.53. The van der Waals surface area contributed by atoms with Gasteiger partial charge in [0, 0.05) is 17.1 Å². The fraction of sp³-hybridized carbons (Fsp3) is 0.409. The van der Waals surface area contributed by atoms with E-state index in [-0.39, 0.29) is 12.0 Å². The molecule has 0 spiro atoms. The number of ether oxygens (including phenoxy) is 2. The molecule has 1 aliphatic rings. The highest BCUT2D eigenvalue weighted by Gasteiger charge is 2.33. The molecule has 1 saturated heterocycles. The molecule has 3 rings (SSSR count). The number of nitrogens with zero attached hydrogens (tertiary/aromatic N) is 1. The third-order valence-electron chi connectivity index (χ3n) is 5.14. The first-order valence-electron chi connectivity index (χ1n) is 9.56. The second-order valence-corrected chi connectivity index (χ2v) is 7.40. The predicted octanol–water partition coefficient (Wildman–Crippen LogP) is 4.63. The monoisotopic (exact) mass is 403 g/mol. The van der Waals surface area contributed by atoms with Crippen molar-refractivity contribution in [3.05, 3.63) is 58.6 Å². The Morgan fingerprint density at radius 2 is 2.14 bits per heavy atom. The molecule has 2 aromatic carbocycles. The number of likely N-dealkylation sites (tertiary alicyclic amines) is 1. The number of carbonyl (C=O) groups is 1. The maximum atomic E-state index is 11.6. The highest BCUT2D eigenvalue weighted by atomic mass is 35.5. The molecule has 0 amide bonds. The van der Waals surface area contributed by atoms with Crippen LogP contribution in [0.5, 0.6) is 11.5 Å². The minimum absolute atomic E-state index is 0.170. The molecule has 0 aromatic heterocycles. The first-order chi connectivity index (χ1) is 13.5. The van der Waals surface area contributed by atoms with Crippen LogP contribution in [0.3, 0.4) is 0 Å². The Hall–Kier alpha value is -2.24. The molecule has 2 unspecified atom stereocenters. The minimum Gasteiger partial charge on any atom is -0.496 e. The lowest BCUT2D eigenvalue weighted by atomic mass is 9.91. The van der Waals surface area contributed by atoms with Crippen LogP contribution in [0.4, 0.5) is 0 Å². The number of carboxylic acids is 1. The average Bonchev–Trinajstić information content (AvgIpc) is 2.69. The molecule has 0 radical (unpaired) electrons. The zero-order chi connectivity index (χ0) is 20.1. The van der Waals surface area contributed by atoms with Crippen molar-refractivity contribution < 1.29 is 19.4 Å². The number of carboxylic acid groups (broad SMARTS) is 1. The quantitative estimate of drug-likeness (QED) is 0.730. The fourth-order valence-electron chi connectivity index (χ4n) is 3.89. The van der Waals surface area contributed by atoms with E-state index < -0.39 is 5.97 Å². The second-order valence-electron chi connectivity index (χ2n) is 6.97. The van der Waals surface area contributed by atoms with Crippen molar-refractivity contribution in [1.82, 2.24) is 4.90 Å². The first kappa shape index (κ1) is 20.5. The molecular weight excluding hydrogens is 378 g/mol. The number of benzene rings is 2. The summed E-state index contributed by atoms with van der Waals surface area (Å²) in [5.41, 5.74) is 1.95. The Balaban J connectivity index is 2.08. The number of piperidine rings is 1. The van der Waals surface area contributed by atoms with Crippen LogP contribution in [0.15, 0.2) is 42.5 Å². The van der Waals surface area contributed by atoms with Crippen molar-refractivity contribution in [3.63, 3.8) is 0 Å². The zero-order valence-electron chi connectivity index (χ0n) is 16.2. The predicted molar refractivity (Wildman–Crippen MR) is 109 cm³/mol. The molecular formula is C22H26ClNO4. The summed E-state index contributed by atoms with van der Waals surface area (Å²) < 4.78 is 11.3. The van der Waals surface area contributed by atoms with Gasteiger partial charge in [0.05, 0.1) is 25.7 Å². The van der Waals surface area contributed by atoms with E-state index in [1.165, 1.54) is 0 Å². The van der Waals surface area contributed by atoms with Gasteiger partial charge >= 0.3 is 5.97 Å². The lowest BCUT2D eigenvalue weighted by molar-refractivity contribution is -0.143. The topological polar surface area (TPSA) is 59.0 Å². The van der Waals surface area contributed by atoms with Gasteiger partial charge in [0.2, 0.25) is 0 Å². The summed E-state index contributed by atoms with van der Waals surface area (Å²) in [6.45, 7) is 3.82. The Labute approximate surface area is 170 Å². The molecule has 1 heterocycles. The van der Waals surface area contributed by atoms with Crippen LogP contribution in [0.2, 0.25) is 5.02 Å².